The molecule has 0 aromatic rings. The number of fused-ring (bicyclic) bond motifs is 1. The minimum atomic E-state index is 0. The van der Waals surface area contributed by atoms with Gasteiger partial charge in [0.2, 0.25) is 0 Å². The second kappa shape index (κ2) is 11.0. The summed E-state index contributed by atoms with van der Waals surface area (Å²) in [6, 6.07) is 0. The fourth-order valence-electron chi connectivity index (χ4n) is 6.60. The zero-order valence-corrected chi connectivity index (χ0v) is 19.9. The highest BCUT2D eigenvalue weighted by molar-refractivity contribution is 5.37. The summed E-state index contributed by atoms with van der Waals surface area (Å²) in [5.41, 5.74) is 6.52. The molecule has 3 saturated carbocycles. The third kappa shape index (κ3) is 5.80. The SMILES string of the molecule is C.C=C1CCC(C(=C)C)C/C1=C\C=C1/CCCC2(C)C(CCCCC(C)C)CCC12. The lowest BCUT2D eigenvalue weighted by molar-refractivity contribution is 0.127. The van der Waals surface area contributed by atoms with Crippen LogP contribution in [0.1, 0.15) is 112 Å². The summed E-state index contributed by atoms with van der Waals surface area (Å²) in [5.74, 6) is 3.30. The van der Waals surface area contributed by atoms with Gasteiger partial charge < -0.3 is 0 Å². The van der Waals surface area contributed by atoms with Gasteiger partial charge >= 0.3 is 0 Å². The fourth-order valence-corrected chi connectivity index (χ4v) is 6.60. The van der Waals surface area contributed by atoms with E-state index in [1.807, 2.05) is 0 Å². The molecule has 0 aromatic carbocycles. The van der Waals surface area contributed by atoms with Gasteiger partial charge in [0.15, 0.2) is 0 Å². The van der Waals surface area contributed by atoms with Gasteiger partial charge in [-0.25, -0.2) is 0 Å². The Morgan fingerprint density at radius 1 is 1.13 bits per heavy atom. The average Bonchev–Trinajstić information content (AvgIpc) is 3.01. The molecule has 3 fully saturated rings. The molecule has 0 heteroatoms. The minimum Gasteiger partial charge on any atom is -0.0998 e. The highest BCUT2D eigenvalue weighted by Crippen LogP contribution is 2.58. The van der Waals surface area contributed by atoms with Gasteiger partial charge in [0.1, 0.15) is 0 Å². The zero-order valence-electron chi connectivity index (χ0n) is 19.9. The maximum absolute atomic E-state index is 4.37. The van der Waals surface area contributed by atoms with Gasteiger partial charge in [0.25, 0.3) is 0 Å². The number of hydrogen-bond donors (Lipinski definition) is 0. The molecule has 3 aliphatic carbocycles. The van der Waals surface area contributed by atoms with Crippen LogP contribution in [0.4, 0.5) is 0 Å². The van der Waals surface area contributed by atoms with E-state index >= 15 is 0 Å². The average molecular weight is 411 g/mol. The predicted octanol–water partition coefficient (Wildman–Crippen LogP) is 9.84. The van der Waals surface area contributed by atoms with Crippen molar-refractivity contribution < 1.29 is 0 Å². The third-order valence-corrected chi connectivity index (χ3v) is 8.66. The molecule has 4 unspecified atom stereocenters. The Labute approximate surface area is 189 Å². The highest BCUT2D eigenvalue weighted by atomic mass is 14.5. The Kier molecular flexibility index (Phi) is 9.26. The minimum absolute atomic E-state index is 0. The predicted molar refractivity (Wildman–Crippen MR) is 136 cm³/mol. The maximum Gasteiger partial charge on any atom is -0.0143 e. The zero-order chi connectivity index (χ0) is 21.0. The lowest BCUT2D eigenvalue weighted by atomic mass is 9.62. The summed E-state index contributed by atoms with van der Waals surface area (Å²) in [6.45, 7) is 18.1. The standard InChI is InChI=1S/C29H46.CH4/c1-21(2)10-7-8-12-27-17-18-28-24(11-9-19-29(27,28)6)15-16-26-20-25(22(3)4)14-13-23(26)5;/h15-16,21,25,27-28H,3,5,7-14,17-20H2,1-2,4,6H3;1H4/b24-15+,26-16+;. The van der Waals surface area contributed by atoms with Crippen molar-refractivity contribution in [3.05, 3.63) is 47.6 Å². The third-order valence-electron chi connectivity index (χ3n) is 8.66. The topological polar surface area (TPSA) is 0 Å². The molecule has 3 rings (SSSR count). The first-order valence-corrected chi connectivity index (χ1v) is 12.5. The van der Waals surface area contributed by atoms with Crippen LogP contribution in [0.25, 0.3) is 0 Å². The van der Waals surface area contributed by atoms with E-state index in [4.69, 9.17) is 0 Å². The second-order valence-electron chi connectivity index (χ2n) is 11.2. The quantitative estimate of drug-likeness (QED) is 0.289. The maximum atomic E-state index is 4.37. The summed E-state index contributed by atoms with van der Waals surface area (Å²) in [6.07, 6.45) is 21.3. The van der Waals surface area contributed by atoms with Crippen molar-refractivity contribution >= 4 is 0 Å². The van der Waals surface area contributed by atoms with Crippen LogP contribution < -0.4 is 0 Å². The van der Waals surface area contributed by atoms with E-state index in [1.165, 1.54) is 80.9 Å². The molecule has 0 radical (unpaired) electrons. The van der Waals surface area contributed by atoms with E-state index in [2.05, 4.69) is 53.0 Å². The second-order valence-corrected chi connectivity index (χ2v) is 11.2. The van der Waals surface area contributed by atoms with E-state index in [9.17, 15) is 0 Å². The summed E-state index contributed by atoms with van der Waals surface area (Å²) in [5, 5.41) is 0. The number of allylic oxidation sites excluding steroid dienone is 6. The van der Waals surface area contributed by atoms with Crippen LogP contribution in [-0.4, -0.2) is 0 Å². The van der Waals surface area contributed by atoms with Crippen LogP contribution in [0.3, 0.4) is 0 Å². The van der Waals surface area contributed by atoms with E-state index < -0.39 is 0 Å². The first-order chi connectivity index (χ1) is 13.8. The van der Waals surface area contributed by atoms with Crippen molar-refractivity contribution in [1.29, 1.82) is 0 Å². The highest BCUT2D eigenvalue weighted by Gasteiger charge is 2.48. The Balaban J connectivity index is 0.00000320. The van der Waals surface area contributed by atoms with Gasteiger partial charge in [0.05, 0.1) is 0 Å². The molecular formula is C30H50. The van der Waals surface area contributed by atoms with Crippen molar-refractivity contribution in [3.8, 4) is 0 Å². The van der Waals surface area contributed by atoms with Gasteiger partial charge in [0, 0.05) is 0 Å². The van der Waals surface area contributed by atoms with Crippen molar-refractivity contribution in [3.63, 3.8) is 0 Å². The van der Waals surface area contributed by atoms with E-state index in [0.29, 0.717) is 11.3 Å². The van der Waals surface area contributed by atoms with Crippen LogP contribution in [0.5, 0.6) is 0 Å². The molecule has 0 amide bonds. The van der Waals surface area contributed by atoms with Crippen molar-refractivity contribution in [2.24, 2.45) is 29.1 Å². The Morgan fingerprint density at radius 3 is 2.60 bits per heavy atom. The Hall–Kier alpha value is -1.04. The summed E-state index contributed by atoms with van der Waals surface area (Å²) in [4.78, 5) is 0. The van der Waals surface area contributed by atoms with E-state index in [1.54, 1.807) is 5.57 Å². The molecule has 0 saturated heterocycles. The molecule has 0 aromatic heterocycles. The number of unbranched alkanes of at least 4 members (excludes halogenated alkanes) is 1. The number of hydrogen-bond acceptors (Lipinski definition) is 0. The van der Waals surface area contributed by atoms with Crippen molar-refractivity contribution in [1.82, 2.24) is 0 Å². The van der Waals surface area contributed by atoms with Crippen molar-refractivity contribution in [2.45, 2.75) is 112 Å². The first kappa shape index (κ1) is 25.2. The molecule has 0 nitrogen and oxygen atoms in total. The van der Waals surface area contributed by atoms with Gasteiger partial charge in [-0.15, -0.1) is 0 Å². The van der Waals surface area contributed by atoms with E-state index in [0.717, 1.165) is 30.6 Å². The summed E-state index contributed by atoms with van der Waals surface area (Å²) >= 11 is 0. The van der Waals surface area contributed by atoms with Gasteiger partial charge in [-0.2, -0.15) is 0 Å². The molecule has 0 aliphatic heterocycles. The Morgan fingerprint density at radius 2 is 1.90 bits per heavy atom. The van der Waals surface area contributed by atoms with E-state index in [-0.39, 0.29) is 7.43 Å². The molecule has 3 aliphatic rings. The fraction of sp³-hybridized carbons (Fsp3) is 0.733. The normalized spacial score (nSPS) is 34.3. The lowest BCUT2D eigenvalue weighted by Crippen LogP contribution is -2.33. The van der Waals surface area contributed by atoms with Gasteiger partial charge in [-0.05, 0) is 99.4 Å². The molecular weight excluding hydrogens is 360 g/mol. The molecule has 170 valence electrons. The summed E-state index contributed by atoms with van der Waals surface area (Å²) in [7, 11) is 0. The molecule has 30 heavy (non-hydrogen) atoms. The molecule has 0 spiro atoms. The summed E-state index contributed by atoms with van der Waals surface area (Å²) < 4.78 is 0. The molecule has 0 heterocycles. The molecule has 0 N–H and O–H groups in total. The smallest absolute Gasteiger partial charge is 0.0143 e. The number of rotatable bonds is 7. The first-order valence-electron chi connectivity index (χ1n) is 12.5. The van der Waals surface area contributed by atoms with Crippen LogP contribution in [0.15, 0.2) is 47.6 Å². The van der Waals surface area contributed by atoms with Crippen molar-refractivity contribution in [2.75, 3.05) is 0 Å². The Bertz CT molecular complexity index is 658. The lowest BCUT2D eigenvalue weighted by Gasteiger charge is -2.42. The van der Waals surface area contributed by atoms with Crippen LogP contribution in [-0.2, 0) is 0 Å². The van der Waals surface area contributed by atoms with Crippen LogP contribution >= 0.6 is 0 Å². The largest absolute Gasteiger partial charge is 0.0998 e. The van der Waals surface area contributed by atoms with Crippen LogP contribution in [0.2, 0.25) is 0 Å². The molecule has 0 bridgehead atoms. The van der Waals surface area contributed by atoms with Gasteiger partial charge in [-0.3, -0.25) is 0 Å². The monoisotopic (exact) mass is 410 g/mol. The molecule has 4 atom stereocenters. The van der Waals surface area contributed by atoms with Gasteiger partial charge in [-0.1, -0.05) is 89.5 Å². The van der Waals surface area contributed by atoms with Crippen LogP contribution in [0, 0.1) is 29.1 Å².